The summed E-state index contributed by atoms with van der Waals surface area (Å²) in [5.74, 6) is -0.770. The maximum Gasteiger partial charge on any atom is 0.350 e. The highest BCUT2D eigenvalue weighted by Crippen LogP contribution is 2.36. The molecule has 0 amide bonds. The second kappa shape index (κ2) is 8.56. The zero-order chi connectivity index (χ0) is 20.0. The average Bonchev–Trinajstić information content (AvgIpc) is 3.23. The number of anilines is 1. The molecule has 7 nitrogen and oxygen atoms in total. The molecule has 0 aliphatic rings. The van der Waals surface area contributed by atoms with Crippen LogP contribution < -0.4 is 5.32 Å². The van der Waals surface area contributed by atoms with Crippen molar-refractivity contribution >= 4 is 28.3 Å². The van der Waals surface area contributed by atoms with Crippen LogP contribution in [-0.2, 0) is 14.3 Å². The molecule has 0 saturated heterocycles. The summed E-state index contributed by atoms with van der Waals surface area (Å²) in [5.41, 5.74) is -0.101. The highest BCUT2D eigenvalue weighted by Gasteiger charge is 2.24. The molecule has 0 bridgehead atoms. The van der Waals surface area contributed by atoms with Gasteiger partial charge in [0.2, 0.25) is 0 Å². The first-order chi connectivity index (χ1) is 12.8. The van der Waals surface area contributed by atoms with Crippen molar-refractivity contribution in [3.05, 3.63) is 41.1 Å². The Labute approximate surface area is 161 Å². The Hall–Kier alpha value is -3.05. The molecule has 142 valence electrons. The number of esters is 2. The molecule has 0 spiro atoms. The summed E-state index contributed by atoms with van der Waals surface area (Å²) in [6.07, 6.45) is 2.72. The number of nitrogens with one attached hydrogen (secondary N) is 1. The first kappa shape index (κ1) is 20.3. The van der Waals surface area contributed by atoms with E-state index < -0.39 is 17.5 Å². The van der Waals surface area contributed by atoms with Gasteiger partial charge >= 0.3 is 11.9 Å². The highest BCUT2D eigenvalue weighted by atomic mass is 32.1. The van der Waals surface area contributed by atoms with Gasteiger partial charge in [0.15, 0.2) is 5.57 Å². The van der Waals surface area contributed by atoms with Crippen molar-refractivity contribution in [2.45, 2.75) is 33.3 Å². The molecule has 1 N–H and O–H groups in total. The number of ether oxygens (including phenoxy) is 2. The van der Waals surface area contributed by atoms with E-state index in [0.29, 0.717) is 16.3 Å². The minimum Gasteiger partial charge on any atom is -0.464 e. The van der Waals surface area contributed by atoms with Gasteiger partial charge in [0.05, 0.1) is 12.9 Å². The second-order valence-corrected chi connectivity index (χ2v) is 7.25. The Morgan fingerprint density at radius 2 is 2.15 bits per heavy atom. The highest BCUT2D eigenvalue weighted by molar-refractivity contribution is 7.15. The number of nitriles is 1. The fraction of sp³-hybridized carbons (Fsp3) is 0.316. The van der Waals surface area contributed by atoms with E-state index >= 15 is 0 Å². The van der Waals surface area contributed by atoms with Crippen LogP contribution in [0.3, 0.4) is 0 Å². The summed E-state index contributed by atoms with van der Waals surface area (Å²) in [6.45, 7) is 7.05. The minimum atomic E-state index is -0.752. The van der Waals surface area contributed by atoms with Crippen LogP contribution in [0.4, 0.5) is 5.00 Å². The van der Waals surface area contributed by atoms with E-state index in [-0.39, 0.29) is 17.7 Å². The van der Waals surface area contributed by atoms with Crippen molar-refractivity contribution in [2.75, 3.05) is 11.9 Å². The van der Waals surface area contributed by atoms with E-state index in [0.717, 1.165) is 0 Å². The molecule has 0 aliphatic heterocycles. The summed E-state index contributed by atoms with van der Waals surface area (Å²) in [5, 5.41) is 14.2. The maximum atomic E-state index is 12.4. The maximum absolute atomic E-state index is 12.4. The van der Waals surface area contributed by atoms with Crippen LogP contribution in [0, 0.1) is 11.3 Å². The molecule has 0 fully saturated rings. The molecule has 0 aromatic carbocycles. The van der Waals surface area contributed by atoms with Gasteiger partial charge in [-0.25, -0.2) is 9.59 Å². The van der Waals surface area contributed by atoms with E-state index in [1.807, 2.05) is 0 Å². The monoisotopic (exact) mass is 388 g/mol. The molecule has 0 radical (unpaired) electrons. The molecule has 0 saturated carbocycles. The van der Waals surface area contributed by atoms with E-state index in [1.165, 1.54) is 23.8 Å². The van der Waals surface area contributed by atoms with E-state index in [9.17, 15) is 14.9 Å². The van der Waals surface area contributed by atoms with E-state index in [2.05, 4.69) is 5.32 Å². The third kappa shape index (κ3) is 5.21. The number of hydrogen-bond acceptors (Lipinski definition) is 8. The standard InChI is InChI=1S/C19H20N2O5S/c1-5-24-18(23)15-13(14-7-6-8-25-14)11-27-16(15)21-10-12(9-20)17(22)26-19(2,3)4/h6-8,10-11,21H,5H2,1-4H3/b12-10-. The van der Waals surface area contributed by atoms with Crippen molar-refractivity contribution in [3.8, 4) is 17.4 Å². The molecule has 2 aromatic rings. The van der Waals surface area contributed by atoms with Gasteiger partial charge in [-0.3, -0.25) is 0 Å². The number of hydrogen-bond donors (Lipinski definition) is 1. The van der Waals surface area contributed by atoms with Gasteiger partial charge in [-0.1, -0.05) is 0 Å². The fourth-order valence-electron chi connectivity index (χ4n) is 2.09. The molecule has 0 atom stereocenters. The SMILES string of the molecule is CCOC(=O)c1c(-c2ccco2)csc1N/C=C(/C#N)C(=O)OC(C)(C)C. The lowest BCUT2D eigenvalue weighted by atomic mass is 10.1. The first-order valence-electron chi connectivity index (χ1n) is 8.19. The summed E-state index contributed by atoms with van der Waals surface area (Å²) in [7, 11) is 0. The Morgan fingerprint density at radius 3 is 2.70 bits per heavy atom. The molecule has 2 rings (SSSR count). The number of carbonyl (C=O) groups excluding carboxylic acids is 2. The molecular formula is C19H20N2O5S. The quantitative estimate of drug-likeness (QED) is 0.446. The van der Waals surface area contributed by atoms with Crippen molar-refractivity contribution < 1.29 is 23.5 Å². The van der Waals surface area contributed by atoms with E-state index in [1.54, 1.807) is 51.3 Å². The summed E-state index contributed by atoms with van der Waals surface area (Å²) in [4.78, 5) is 24.5. The van der Waals surface area contributed by atoms with E-state index in [4.69, 9.17) is 13.9 Å². The van der Waals surface area contributed by atoms with Crippen LogP contribution in [0.1, 0.15) is 38.1 Å². The van der Waals surface area contributed by atoms with Crippen LogP contribution in [-0.4, -0.2) is 24.1 Å². The zero-order valence-electron chi connectivity index (χ0n) is 15.5. The summed E-state index contributed by atoms with van der Waals surface area (Å²) < 4.78 is 15.7. The summed E-state index contributed by atoms with van der Waals surface area (Å²) >= 11 is 1.23. The second-order valence-electron chi connectivity index (χ2n) is 6.37. The zero-order valence-corrected chi connectivity index (χ0v) is 16.3. The Balaban J connectivity index is 2.34. The Kier molecular flexibility index (Phi) is 6.42. The topological polar surface area (TPSA) is 102 Å². The van der Waals surface area contributed by atoms with Crippen molar-refractivity contribution in [1.82, 2.24) is 0 Å². The van der Waals surface area contributed by atoms with Gasteiger partial charge in [0.1, 0.15) is 28.0 Å². The number of nitrogens with zero attached hydrogens (tertiary/aromatic N) is 1. The smallest absolute Gasteiger partial charge is 0.350 e. The third-order valence-corrected chi connectivity index (χ3v) is 4.06. The number of furan rings is 1. The Bertz CT molecular complexity index is 882. The van der Waals surface area contributed by atoms with Gasteiger partial charge in [0, 0.05) is 17.1 Å². The van der Waals surface area contributed by atoms with Crippen molar-refractivity contribution in [2.24, 2.45) is 0 Å². The molecule has 2 aromatic heterocycles. The van der Waals surface area contributed by atoms with Crippen molar-refractivity contribution in [3.63, 3.8) is 0 Å². The predicted molar refractivity (Wildman–Crippen MR) is 101 cm³/mol. The largest absolute Gasteiger partial charge is 0.464 e. The van der Waals surface area contributed by atoms with Crippen LogP contribution in [0.2, 0.25) is 0 Å². The lowest BCUT2D eigenvalue weighted by Crippen LogP contribution is -2.24. The lowest BCUT2D eigenvalue weighted by molar-refractivity contribution is -0.149. The molecule has 2 heterocycles. The van der Waals surface area contributed by atoms with Gasteiger partial charge in [-0.15, -0.1) is 11.3 Å². The molecule has 27 heavy (non-hydrogen) atoms. The predicted octanol–water partition coefficient (Wildman–Crippen LogP) is 4.35. The fourth-order valence-corrected chi connectivity index (χ4v) is 3.00. The molecule has 0 aliphatic carbocycles. The Morgan fingerprint density at radius 1 is 1.41 bits per heavy atom. The van der Waals surface area contributed by atoms with Crippen LogP contribution in [0.5, 0.6) is 0 Å². The average molecular weight is 388 g/mol. The molecule has 8 heteroatoms. The van der Waals surface area contributed by atoms with Crippen LogP contribution in [0.15, 0.2) is 40.0 Å². The van der Waals surface area contributed by atoms with Gasteiger partial charge < -0.3 is 19.2 Å². The van der Waals surface area contributed by atoms with Gasteiger partial charge in [-0.05, 0) is 39.8 Å². The van der Waals surface area contributed by atoms with Crippen LogP contribution in [0.25, 0.3) is 11.3 Å². The normalized spacial score (nSPS) is 11.6. The van der Waals surface area contributed by atoms with Crippen molar-refractivity contribution in [1.29, 1.82) is 5.26 Å². The number of thiophene rings is 1. The molecule has 0 unspecified atom stereocenters. The number of rotatable bonds is 6. The molecular weight excluding hydrogens is 368 g/mol. The van der Waals surface area contributed by atoms with Gasteiger partial charge in [-0.2, -0.15) is 5.26 Å². The minimum absolute atomic E-state index is 0.211. The van der Waals surface area contributed by atoms with Gasteiger partial charge in [0.25, 0.3) is 0 Å². The first-order valence-corrected chi connectivity index (χ1v) is 9.07. The third-order valence-electron chi connectivity index (χ3n) is 3.14. The number of carbonyl (C=O) groups is 2. The summed E-state index contributed by atoms with van der Waals surface area (Å²) in [6, 6.07) is 5.24. The van der Waals surface area contributed by atoms with Crippen LogP contribution >= 0.6 is 11.3 Å². The lowest BCUT2D eigenvalue weighted by Gasteiger charge is -2.18.